The Morgan fingerprint density at radius 2 is 2.03 bits per heavy atom. The highest BCUT2D eigenvalue weighted by Crippen LogP contribution is 2.16. The first-order chi connectivity index (χ1) is 13.9. The fourth-order valence-corrected chi connectivity index (χ4v) is 4.86. The highest BCUT2D eigenvalue weighted by atomic mass is 32.2. The van der Waals surface area contributed by atoms with Gasteiger partial charge >= 0.3 is 0 Å². The molecule has 2 heterocycles. The van der Waals surface area contributed by atoms with Crippen LogP contribution in [0.4, 0.5) is 0 Å². The molecule has 158 valence electrons. The van der Waals surface area contributed by atoms with Crippen LogP contribution in [-0.2, 0) is 15.8 Å². The summed E-state index contributed by atoms with van der Waals surface area (Å²) in [6, 6.07) is 10.1. The molecule has 0 aliphatic carbocycles. The second-order valence-electron chi connectivity index (χ2n) is 7.38. The molecule has 3 rings (SSSR count). The zero-order chi connectivity index (χ0) is 20.9. The Balaban J connectivity index is 1.52. The first kappa shape index (κ1) is 21.3. The van der Waals surface area contributed by atoms with E-state index in [0.717, 1.165) is 12.5 Å². The molecule has 1 unspecified atom stereocenters. The minimum atomic E-state index is -3.40. The monoisotopic (exact) mass is 419 g/mol. The van der Waals surface area contributed by atoms with Gasteiger partial charge in [-0.1, -0.05) is 41.9 Å². The first-order valence-corrected chi connectivity index (χ1v) is 11.4. The van der Waals surface area contributed by atoms with Gasteiger partial charge in [-0.05, 0) is 18.4 Å². The third kappa shape index (κ3) is 5.57. The molecular formula is C20H29N5O3S. The molecule has 2 aromatic rings. The van der Waals surface area contributed by atoms with Gasteiger partial charge in [-0.15, -0.1) is 0 Å². The van der Waals surface area contributed by atoms with Crippen LogP contribution in [-0.4, -0.2) is 68.5 Å². The zero-order valence-electron chi connectivity index (χ0n) is 17.2. The average Bonchev–Trinajstić information content (AvgIpc) is 3.21. The maximum absolute atomic E-state index is 12.6. The van der Waals surface area contributed by atoms with E-state index in [1.807, 2.05) is 0 Å². The number of guanidine groups is 1. The molecule has 1 saturated heterocycles. The Bertz CT molecular complexity index is 919. The molecule has 0 saturated carbocycles. The van der Waals surface area contributed by atoms with Gasteiger partial charge in [-0.3, -0.25) is 4.99 Å². The fraction of sp³-hybridized carbons (Fsp3) is 0.500. The van der Waals surface area contributed by atoms with E-state index in [1.54, 1.807) is 13.1 Å². The summed E-state index contributed by atoms with van der Waals surface area (Å²) in [5.74, 6) is 1.01. The van der Waals surface area contributed by atoms with Crippen molar-refractivity contribution < 1.29 is 12.9 Å². The Morgan fingerprint density at radius 1 is 1.28 bits per heavy atom. The van der Waals surface area contributed by atoms with Crippen LogP contribution in [0.1, 0.15) is 29.7 Å². The van der Waals surface area contributed by atoms with E-state index in [1.165, 1.54) is 21.7 Å². The Kier molecular flexibility index (Phi) is 6.92. The van der Waals surface area contributed by atoms with E-state index in [4.69, 9.17) is 4.52 Å². The van der Waals surface area contributed by atoms with Crippen LogP contribution in [0.5, 0.6) is 0 Å². The maximum atomic E-state index is 12.6. The number of nitrogens with one attached hydrogen (secondary N) is 1. The second-order valence-corrected chi connectivity index (χ2v) is 9.35. The molecule has 1 aliphatic rings. The maximum Gasteiger partial charge on any atom is 0.220 e. The summed E-state index contributed by atoms with van der Waals surface area (Å²) in [7, 11) is -1.65. The Hall–Kier alpha value is -2.39. The van der Waals surface area contributed by atoms with Crippen LogP contribution in [0, 0.1) is 6.92 Å². The summed E-state index contributed by atoms with van der Waals surface area (Å²) in [6.45, 7) is 7.08. The quantitative estimate of drug-likeness (QED) is 0.567. The lowest BCUT2D eigenvalue weighted by atomic mass is 9.99. The van der Waals surface area contributed by atoms with Gasteiger partial charge in [0.25, 0.3) is 0 Å². The standard InChI is InChI=1S/C20H29N5O3S/c1-16-5-4-6-18(13-16)17(2)14-22-20(21-3)24-8-10-25(11-9-24)29(26,27)15-19-7-12-28-23-19/h4-7,12-13,17H,8-11,14-15H2,1-3H3,(H,21,22). The van der Waals surface area contributed by atoms with Gasteiger partial charge in [-0.2, -0.15) is 4.31 Å². The number of nitrogens with zero attached hydrogens (tertiary/aromatic N) is 4. The molecular weight excluding hydrogens is 390 g/mol. The number of aryl methyl sites for hydroxylation is 1. The first-order valence-electron chi connectivity index (χ1n) is 9.78. The van der Waals surface area contributed by atoms with E-state index in [0.29, 0.717) is 37.8 Å². The van der Waals surface area contributed by atoms with Gasteiger partial charge in [0.1, 0.15) is 12.0 Å². The van der Waals surface area contributed by atoms with Crippen LogP contribution in [0.25, 0.3) is 0 Å². The van der Waals surface area contributed by atoms with Gasteiger partial charge in [0.15, 0.2) is 5.96 Å². The molecule has 1 atom stereocenters. The van der Waals surface area contributed by atoms with Crippen LogP contribution >= 0.6 is 0 Å². The highest BCUT2D eigenvalue weighted by Gasteiger charge is 2.29. The van der Waals surface area contributed by atoms with Crippen molar-refractivity contribution in [2.24, 2.45) is 4.99 Å². The Labute approximate surface area is 172 Å². The SMILES string of the molecule is CN=C(NCC(C)c1cccc(C)c1)N1CCN(S(=O)(=O)Cc2ccon2)CC1. The zero-order valence-corrected chi connectivity index (χ0v) is 18.0. The van der Waals surface area contributed by atoms with Crippen molar-refractivity contribution in [3.63, 3.8) is 0 Å². The molecule has 1 aromatic heterocycles. The second kappa shape index (κ2) is 9.41. The molecule has 0 spiro atoms. The smallest absolute Gasteiger partial charge is 0.220 e. The van der Waals surface area contributed by atoms with Crippen LogP contribution in [0.15, 0.2) is 46.1 Å². The molecule has 0 amide bonds. The van der Waals surface area contributed by atoms with E-state index >= 15 is 0 Å². The van der Waals surface area contributed by atoms with E-state index in [-0.39, 0.29) is 5.75 Å². The minimum absolute atomic E-state index is 0.134. The summed E-state index contributed by atoms with van der Waals surface area (Å²) >= 11 is 0. The van der Waals surface area contributed by atoms with E-state index in [2.05, 4.69) is 58.5 Å². The lowest BCUT2D eigenvalue weighted by molar-refractivity contribution is 0.259. The molecule has 9 heteroatoms. The van der Waals surface area contributed by atoms with Crippen LogP contribution in [0.3, 0.4) is 0 Å². The molecule has 8 nitrogen and oxygen atoms in total. The van der Waals surface area contributed by atoms with Gasteiger partial charge in [0, 0.05) is 45.8 Å². The van der Waals surface area contributed by atoms with Crippen molar-refractivity contribution in [1.29, 1.82) is 0 Å². The molecule has 29 heavy (non-hydrogen) atoms. The molecule has 0 radical (unpaired) electrons. The fourth-order valence-electron chi connectivity index (χ4n) is 3.44. The lowest BCUT2D eigenvalue weighted by Crippen LogP contribution is -2.54. The van der Waals surface area contributed by atoms with Crippen LogP contribution in [0.2, 0.25) is 0 Å². The summed E-state index contributed by atoms with van der Waals surface area (Å²) in [5, 5.41) is 7.14. The summed E-state index contributed by atoms with van der Waals surface area (Å²) < 4.78 is 31.4. The number of piperazine rings is 1. The third-order valence-corrected chi connectivity index (χ3v) is 6.95. The van der Waals surface area contributed by atoms with Crippen molar-refractivity contribution >= 4 is 16.0 Å². The van der Waals surface area contributed by atoms with Crippen molar-refractivity contribution in [3.8, 4) is 0 Å². The summed E-state index contributed by atoms with van der Waals surface area (Å²) in [4.78, 5) is 6.49. The number of benzene rings is 1. The summed E-state index contributed by atoms with van der Waals surface area (Å²) in [6.07, 6.45) is 1.39. The highest BCUT2D eigenvalue weighted by molar-refractivity contribution is 7.88. The predicted molar refractivity (Wildman–Crippen MR) is 113 cm³/mol. The van der Waals surface area contributed by atoms with Crippen molar-refractivity contribution in [2.75, 3.05) is 39.8 Å². The average molecular weight is 420 g/mol. The lowest BCUT2D eigenvalue weighted by Gasteiger charge is -2.36. The number of hydrogen-bond donors (Lipinski definition) is 1. The number of rotatable bonds is 6. The Morgan fingerprint density at radius 3 is 2.66 bits per heavy atom. The number of aromatic nitrogens is 1. The van der Waals surface area contributed by atoms with Gasteiger partial charge in [0.05, 0.1) is 5.69 Å². The van der Waals surface area contributed by atoms with Gasteiger partial charge < -0.3 is 14.7 Å². The molecule has 1 N–H and O–H groups in total. The minimum Gasteiger partial charge on any atom is -0.364 e. The molecule has 1 fully saturated rings. The van der Waals surface area contributed by atoms with Crippen molar-refractivity contribution in [2.45, 2.75) is 25.5 Å². The summed E-state index contributed by atoms with van der Waals surface area (Å²) in [5.41, 5.74) is 2.97. The van der Waals surface area contributed by atoms with Gasteiger partial charge in [0.2, 0.25) is 10.0 Å². The number of hydrogen-bond acceptors (Lipinski definition) is 5. The van der Waals surface area contributed by atoms with E-state index < -0.39 is 10.0 Å². The third-order valence-electron chi connectivity index (χ3n) is 5.14. The number of aliphatic imine (C=N–C) groups is 1. The molecule has 1 aromatic carbocycles. The normalized spacial score (nSPS) is 17.3. The number of sulfonamides is 1. The van der Waals surface area contributed by atoms with Crippen molar-refractivity contribution in [1.82, 2.24) is 19.7 Å². The largest absolute Gasteiger partial charge is 0.364 e. The molecule has 0 bridgehead atoms. The van der Waals surface area contributed by atoms with Crippen LogP contribution < -0.4 is 5.32 Å². The molecule has 1 aliphatic heterocycles. The van der Waals surface area contributed by atoms with E-state index in [9.17, 15) is 8.42 Å². The van der Waals surface area contributed by atoms with Gasteiger partial charge in [-0.25, -0.2) is 8.42 Å². The van der Waals surface area contributed by atoms with Crippen molar-refractivity contribution in [3.05, 3.63) is 53.4 Å². The topological polar surface area (TPSA) is 91.0 Å². The predicted octanol–water partition coefficient (Wildman–Crippen LogP) is 1.81.